The number of aryl methyl sites for hydroxylation is 1. The molecule has 2 amide bonds. The minimum atomic E-state index is -0.360. The fourth-order valence-electron chi connectivity index (χ4n) is 3.94. The van der Waals surface area contributed by atoms with Gasteiger partial charge in [-0.05, 0) is 49.2 Å². The summed E-state index contributed by atoms with van der Waals surface area (Å²) < 4.78 is 15.1. The minimum absolute atomic E-state index is 0.0948. The molecule has 184 valence electrons. The van der Waals surface area contributed by atoms with Crippen LogP contribution < -0.4 is 5.32 Å². The Morgan fingerprint density at radius 2 is 1.67 bits per heavy atom. The van der Waals surface area contributed by atoms with E-state index in [9.17, 15) is 14.0 Å². The first-order chi connectivity index (χ1) is 17.5. The molecule has 1 aromatic heterocycles. The number of unbranched alkanes of at least 4 members (excludes halogenated alkanes) is 1. The lowest BCUT2D eigenvalue weighted by Gasteiger charge is -2.23. The maximum Gasteiger partial charge on any atom is 0.254 e. The van der Waals surface area contributed by atoms with Crippen molar-refractivity contribution in [2.24, 2.45) is 0 Å². The van der Waals surface area contributed by atoms with E-state index in [-0.39, 0.29) is 24.2 Å². The highest BCUT2D eigenvalue weighted by atomic mass is 19.1. The molecule has 7 heteroatoms. The molecule has 0 spiro atoms. The fourth-order valence-corrected chi connectivity index (χ4v) is 3.94. The highest BCUT2D eigenvalue weighted by Crippen LogP contribution is 2.25. The summed E-state index contributed by atoms with van der Waals surface area (Å²) in [6.45, 7) is 4.31. The van der Waals surface area contributed by atoms with Crippen molar-refractivity contribution in [2.75, 3.05) is 18.4 Å². The first-order valence-electron chi connectivity index (χ1n) is 12.0. The topological polar surface area (TPSA) is 67.2 Å². The Morgan fingerprint density at radius 3 is 2.36 bits per heavy atom. The number of nitrogens with one attached hydrogen (secondary N) is 1. The third-order valence-corrected chi connectivity index (χ3v) is 5.90. The molecule has 0 aliphatic heterocycles. The molecule has 4 rings (SSSR count). The van der Waals surface area contributed by atoms with E-state index in [0.29, 0.717) is 29.3 Å². The number of aromatic nitrogens is 2. The number of hydrogen-bond donors (Lipinski definition) is 1. The van der Waals surface area contributed by atoms with Crippen LogP contribution in [0.3, 0.4) is 0 Å². The summed E-state index contributed by atoms with van der Waals surface area (Å²) >= 11 is 0. The van der Waals surface area contributed by atoms with E-state index in [0.717, 1.165) is 24.0 Å². The number of rotatable bonds is 9. The quantitative estimate of drug-likeness (QED) is 0.323. The van der Waals surface area contributed by atoms with E-state index in [1.54, 1.807) is 33.8 Å². The Bertz CT molecular complexity index is 1330. The van der Waals surface area contributed by atoms with Crippen molar-refractivity contribution in [3.05, 3.63) is 102 Å². The molecule has 1 heterocycles. The molecule has 0 saturated carbocycles. The molecule has 36 heavy (non-hydrogen) atoms. The molecule has 0 unspecified atom stereocenters. The molecule has 0 fully saturated rings. The number of carbonyl (C=O) groups is 2. The van der Waals surface area contributed by atoms with Crippen molar-refractivity contribution >= 4 is 17.6 Å². The Morgan fingerprint density at radius 1 is 0.972 bits per heavy atom. The van der Waals surface area contributed by atoms with Gasteiger partial charge in [-0.25, -0.2) is 9.07 Å². The van der Waals surface area contributed by atoms with Gasteiger partial charge in [0.2, 0.25) is 5.91 Å². The lowest BCUT2D eigenvalue weighted by atomic mass is 10.1. The van der Waals surface area contributed by atoms with E-state index in [1.165, 1.54) is 12.1 Å². The van der Waals surface area contributed by atoms with Crippen molar-refractivity contribution in [1.29, 1.82) is 0 Å². The maximum absolute atomic E-state index is 13.5. The van der Waals surface area contributed by atoms with Crippen LogP contribution in [0.15, 0.2) is 84.9 Å². The maximum atomic E-state index is 13.5. The summed E-state index contributed by atoms with van der Waals surface area (Å²) in [7, 11) is 0. The SMILES string of the molecule is CCCCN(CC(=O)Nc1cc(-c2ccccc2)nn1-c1ccc(F)cc1)C(=O)c1ccccc1C. The van der Waals surface area contributed by atoms with Crippen molar-refractivity contribution in [1.82, 2.24) is 14.7 Å². The van der Waals surface area contributed by atoms with E-state index in [4.69, 9.17) is 0 Å². The van der Waals surface area contributed by atoms with Crippen molar-refractivity contribution in [3.8, 4) is 16.9 Å². The zero-order valence-electron chi connectivity index (χ0n) is 20.4. The first-order valence-corrected chi connectivity index (χ1v) is 12.0. The molecule has 3 aromatic carbocycles. The molecule has 0 aliphatic rings. The number of nitrogens with zero attached hydrogens (tertiary/aromatic N) is 3. The van der Waals surface area contributed by atoms with E-state index in [2.05, 4.69) is 10.4 Å². The van der Waals surface area contributed by atoms with Gasteiger partial charge in [-0.1, -0.05) is 61.9 Å². The average Bonchev–Trinajstić information content (AvgIpc) is 3.31. The lowest BCUT2D eigenvalue weighted by molar-refractivity contribution is -0.117. The number of benzene rings is 3. The normalized spacial score (nSPS) is 10.8. The monoisotopic (exact) mass is 484 g/mol. The predicted octanol–water partition coefficient (Wildman–Crippen LogP) is 5.87. The van der Waals surface area contributed by atoms with Gasteiger partial charge in [-0.3, -0.25) is 9.59 Å². The Kier molecular flexibility index (Phi) is 7.90. The molecule has 0 saturated heterocycles. The molecule has 4 aromatic rings. The summed E-state index contributed by atoms with van der Waals surface area (Å²) in [5.41, 5.74) is 3.60. The van der Waals surface area contributed by atoms with Gasteiger partial charge < -0.3 is 10.2 Å². The van der Waals surface area contributed by atoms with Crippen LogP contribution in [0.5, 0.6) is 0 Å². The van der Waals surface area contributed by atoms with Gasteiger partial charge in [0.15, 0.2) is 0 Å². The first kappa shape index (κ1) is 24.9. The number of amides is 2. The Hall–Kier alpha value is -4.26. The summed E-state index contributed by atoms with van der Waals surface area (Å²) in [4.78, 5) is 28.0. The molecule has 0 bridgehead atoms. The summed E-state index contributed by atoms with van der Waals surface area (Å²) in [6, 6.07) is 24.6. The molecule has 0 radical (unpaired) electrons. The van der Waals surface area contributed by atoms with Crippen LogP contribution in [0.2, 0.25) is 0 Å². The molecular weight excluding hydrogens is 455 g/mol. The lowest BCUT2D eigenvalue weighted by Crippen LogP contribution is -2.39. The largest absolute Gasteiger partial charge is 0.329 e. The van der Waals surface area contributed by atoms with Crippen LogP contribution in [0, 0.1) is 12.7 Å². The molecule has 0 aliphatic carbocycles. The third-order valence-electron chi connectivity index (χ3n) is 5.90. The van der Waals surface area contributed by atoms with E-state index in [1.807, 2.05) is 62.4 Å². The zero-order chi connectivity index (χ0) is 25.5. The van der Waals surface area contributed by atoms with E-state index < -0.39 is 0 Å². The summed E-state index contributed by atoms with van der Waals surface area (Å²) in [6.07, 6.45) is 1.69. The van der Waals surface area contributed by atoms with Gasteiger partial charge in [0.05, 0.1) is 11.4 Å². The van der Waals surface area contributed by atoms with Gasteiger partial charge in [-0.15, -0.1) is 0 Å². The second-order valence-electron chi connectivity index (χ2n) is 8.61. The standard InChI is InChI=1S/C29H29FN4O2/c1-3-4-18-33(29(36)25-13-9-8-10-21(25)2)20-28(35)31-27-19-26(22-11-6-5-7-12-22)32-34(27)24-16-14-23(30)15-17-24/h5-17,19H,3-4,18,20H2,1-2H3,(H,31,35). The minimum Gasteiger partial charge on any atom is -0.329 e. The summed E-state index contributed by atoms with van der Waals surface area (Å²) in [5.74, 6) is -0.435. The van der Waals surface area contributed by atoms with Crippen molar-refractivity contribution in [2.45, 2.75) is 26.7 Å². The van der Waals surface area contributed by atoms with Gasteiger partial charge in [-0.2, -0.15) is 5.10 Å². The smallest absolute Gasteiger partial charge is 0.254 e. The van der Waals surface area contributed by atoms with Gasteiger partial charge in [0, 0.05) is 23.7 Å². The Labute approximate surface area is 210 Å². The van der Waals surface area contributed by atoms with Crippen molar-refractivity contribution < 1.29 is 14.0 Å². The number of hydrogen-bond acceptors (Lipinski definition) is 3. The highest BCUT2D eigenvalue weighted by molar-refractivity contribution is 6.00. The molecule has 0 atom stereocenters. The fraction of sp³-hybridized carbons (Fsp3) is 0.207. The van der Waals surface area contributed by atoms with Crippen LogP contribution in [-0.4, -0.2) is 39.6 Å². The zero-order valence-corrected chi connectivity index (χ0v) is 20.4. The average molecular weight is 485 g/mol. The highest BCUT2D eigenvalue weighted by Gasteiger charge is 2.21. The van der Waals surface area contributed by atoms with Crippen LogP contribution in [-0.2, 0) is 4.79 Å². The van der Waals surface area contributed by atoms with Gasteiger partial charge in [0.1, 0.15) is 18.2 Å². The predicted molar refractivity (Wildman–Crippen MR) is 140 cm³/mol. The molecular formula is C29H29FN4O2. The van der Waals surface area contributed by atoms with Gasteiger partial charge in [0.25, 0.3) is 5.91 Å². The Balaban J connectivity index is 1.60. The van der Waals surface area contributed by atoms with Crippen LogP contribution in [0.4, 0.5) is 10.2 Å². The van der Waals surface area contributed by atoms with Crippen LogP contribution in [0.25, 0.3) is 16.9 Å². The second kappa shape index (κ2) is 11.4. The van der Waals surface area contributed by atoms with Gasteiger partial charge >= 0.3 is 0 Å². The molecule has 1 N–H and O–H groups in total. The number of halogens is 1. The van der Waals surface area contributed by atoms with Crippen LogP contribution >= 0.6 is 0 Å². The number of anilines is 1. The third kappa shape index (κ3) is 5.86. The van der Waals surface area contributed by atoms with Crippen molar-refractivity contribution in [3.63, 3.8) is 0 Å². The van der Waals surface area contributed by atoms with Crippen LogP contribution in [0.1, 0.15) is 35.7 Å². The second-order valence-corrected chi connectivity index (χ2v) is 8.61. The summed E-state index contributed by atoms with van der Waals surface area (Å²) in [5, 5.41) is 7.57. The number of carbonyl (C=O) groups excluding carboxylic acids is 2. The molecule has 6 nitrogen and oxygen atoms in total. The van der Waals surface area contributed by atoms with E-state index >= 15 is 0 Å².